The third-order valence-corrected chi connectivity index (χ3v) is 4.16. The van der Waals surface area contributed by atoms with Gasteiger partial charge in [0.25, 0.3) is 5.91 Å². The van der Waals surface area contributed by atoms with Gasteiger partial charge in [0.1, 0.15) is 5.82 Å². The van der Waals surface area contributed by atoms with Gasteiger partial charge in [-0.15, -0.1) is 11.3 Å². The van der Waals surface area contributed by atoms with Crippen molar-refractivity contribution in [1.82, 2.24) is 5.32 Å². The summed E-state index contributed by atoms with van der Waals surface area (Å²) >= 11 is 7.39. The zero-order valence-electron chi connectivity index (χ0n) is 11.0. The lowest BCUT2D eigenvalue weighted by Gasteiger charge is -2.17. The molecule has 0 saturated carbocycles. The minimum absolute atomic E-state index is 0.0184. The molecule has 2 rings (SSSR count). The Bertz CT molecular complexity index is 586. The number of rotatable bonds is 5. The van der Waals surface area contributed by atoms with Crippen molar-refractivity contribution in [3.63, 3.8) is 0 Å². The number of nitrogens with one attached hydrogen (secondary N) is 1. The van der Waals surface area contributed by atoms with Crippen LogP contribution in [-0.2, 0) is 0 Å². The first-order valence-corrected chi connectivity index (χ1v) is 7.67. The van der Waals surface area contributed by atoms with Crippen molar-refractivity contribution in [2.45, 2.75) is 25.8 Å². The molecule has 1 N–H and O–H groups in total. The number of hydrogen-bond acceptors (Lipinski definition) is 2. The van der Waals surface area contributed by atoms with Crippen LogP contribution in [0.1, 0.15) is 41.0 Å². The van der Waals surface area contributed by atoms with Gasteiger partial charge in [0.15, 0.2) is 0 Å². The summed E-state index contributed by atoms with van der Waals surface area (Å²) in [6, 6.07) is 7.80. The fraction of sp³-hybridized carbons (Fsp3) is 0.267. The first-order valence-electron chi connectivity index (χ1n) is 6.41. The van der Waals surface area contributed by atoms with Crippen LogP contribution >= 0.6 is 22.9 Å². The van der Waals surface area contributed by atoms with Gasteiger partial charge < -0.3 is 5.32 Å². The number of carbonyl (C=O) groups excluding carboxylic acids is 1. The molecule has 106 valence electrons. The van der Waals surface area contributed by atoms with E-state index in [1.807, 2.05) is 24.4 Å². The average molecular weight is 312 g/mol. The van der Waals surface area contributed by atoms with Crippen molar-refractivity contribution in [2.24, 2.45) is 0 Å². The van der Waals surface area contributed by atoms with Crippen LogP contribution < -0.4 is 5.32 Å². The zero-order chi connectivity index (χ0) is 14.5. The monoisotopic (exact) mass is 311 g/mol. The lowest BCUT2D eigenvalue weighted by atomic mass is 10.1. The molecule has 5 heteroatoms. The Morgan fingerprint density at radius 2 is 2.25 bits per heavy atom. The van der Waals surface area contributed by atoms with Gasteiger partial charge in [-0.3, -0.25) is 4.79 Å². The number of benzene rings is 1. The molecule has 2 aromatic rings. The van der Waals surface area contributed by atoms with Gasteiger partial charge in [-0.25, -0.2) is 4.39 Å². The Balaban J connectivity index is 2.18. The molecule has 2 nitrogen and oxygen atoms in total. The minimum Gasteiger partial charge on any atom is -0.344 e. The average Bonchev–Trinajstić information content (AvgIpc) is 2.95. The topological polar surface area (TPSA) is 29.1 Å². The predicted molar refractivity (Wildman–Crippen MR) is 80.8 cm³/mol. The number of hydrogen-bond donors (Lipinski definition) is 1. The second kappa shape index (κ2) is 6.86. The number of thiophene rings is 1. The molecule has 1 amide bonds. The lowest BCUT2D eigenvalue weighted by Crippen LogP contribution is -2.28. The van der Waals surface area contributed by atoms with Gasteiger partial charge >= 0.3 is 0 Å². The first-order chi connectivity index (χ1) is 9.61. The summed E-state index contributed by atoms with van der Waals surface area (Å²) in [5.74, 6) is -0.995. The van der Waals surface area contributed by atoms with E-state index in [4.69, 9.17) is 11.6 Å². The number of amides is 1. The van der Waals surface area contributed by atoms with Crippen LogP contribution in [0.5, 0.6) is 0 Å². The fourth-order valence-electron chi connectivity index (χ4n) is 1.97. The molecular formula is C15H15ClFNOS. The highest BCUT2D eigenvalue weighted by Gasteiger charge is 2.18. The van der Waals surface area contributed by atoms with Gasteiger partial charge in [0.05, 0.1) is 11.6 Å². The highest BCUT2D eigenvalue weighted by molar-refractivity contribution is 7.10. The number of halogens is 2. The van der Waals surface area contributed by atoms with Crippen LogP contribution in [0.15, 0.2) is 35.7 Å². The maximum Gasteiger partial charge on any atom is 0.254 e. The summed E-state index contributed by atoms with van der Waals surface area (Å²) < 4.78 is 13.7. The quantitative estimate of drug-likeness (QED) is 0.843. The van der Waals surface area contributed by atoms with Crippen molar-refractivity contribution < 1.29 is 9.18 Å². The summed E-state index contributed by atoms with van der Waals surface area (Å²) in [5, 5.41) is 5.19. The fourth-order valence-corrected chi connectivity index (χ4v) is 2.96. The molecule has 1 unspecified atom stereocenters. The molecule has 20 heavy (non-hydrogen) atoms. The van der Waals surface area contributed by atoms with E-state index in [9.17, 15) is 9.18 Å². The molecule has 1 aromatic heterocycles. The predicted octanol–water partition coefficient (Wildman–Crippen LogP) is 4.81. The van der Waals surface area contributed by atoms with Crippen LogP contribution in [0.3, 0.4) is 0 Å². The molecule has 1 atom stereocenters. The van der Waals surface area contributed by atoms with Crippen molar-refractivity contribution in [2.75, 3.05) is 0 Å². The third-order valence-electron chi connectivity index (χ3n) is 2.94. The second-order valence-corrected chi connectivity index (χ2v) is 5.87. The molecule has 0 aliphatic carbocycles. The van der Waals surface area contributed by atoms with E-state index in [0.29, 0.717) is 5.02 Å². The van der Waals surface area contributed by atoms with Crippen molar-refractivity contribution in [3.8, 4) is 0 Å². The molecule has 1 heterocycles. The summed E-state index contributed by atoms with van der Waals surface area (Å²) in [6.45, 7) is 2.05. The Hall–Kier alpha value is -1.39. The summed E-state index contributed by atoms with van der Waals surface area (Å²) in [7, 11) is 0. The van der Waals surface area contributed by atoms with Crippen LogP contribution in [0, 0.1) is 5.82 Å². The molecule has 0 radical (unpaired) electrons. The van der Waals surface area contributed by atoms with Gasteiger partial charge in [0.2, 0.25) is 0 Å². The maximum absolute atomic E-state index is 13.7. The van der Waals surface area contributed by atoms with Crippen LogP contribution in [0.25, 0.3) is 0 Å². The van der Waals surface area contributed by atoms with Crippen molar-refractivity contribution in [3.05, 3.63) is 57.0 Å². The number of carbonyl (C=O) groups is 1. The van der Waals surface area contributed by atoms with Crippen LogP contribution in [0.4, 0.5) is 4.39 Å². The molecule has 0 aliphatic heterocycles. The Labute approximate surface area is 126 Å². The van der Waals surface area contributed by atoms with E-state index >= 15 is 0 Å². The SMILES string of the molecule is CCCC(NC(=O)c1cc(Cl)ccc1F)c1cccs1. The Kier molecular flexibility index (Phi) is 5.15. The van der Waals surface area contributed by atoms with Crippen LogP contribution in [0.2, 0.25) is 5.02 Å². The van der Waals surface area contributed by atoms with E-state index < -0.39 is 11.7 Å². The van der Waals surface area contributed by atoms with Gasteiger partial charge in [0, 0.05) is 9.90 Å². The second-order valence-electron chi connectivity index (χ2n) is 4.45. The molecule has 0 saturated heterocycles. The third kappa shape index (κ3) is 3.58. The zero-order valence-corrected chi connectivity index (χ0v) is 12.6. The van der Waals surface area contributed by atoms with Crippen molar-refractivity contribution in [1.29, 1.82) is 0 Å². The van der Waals surface area contributed by atoms with E-state index in [1.165, 1.54) is 18.2 Å². The Morgan fingerprint density at radius 1 is 1.45 bits per heavy atom. The summed E-state index contributed by atoms with van der Waals surface area (Å²) in [4.78, 5) is 13.3. The van der Waals surface area contributed by atoms with Gasteiger partial charge in [-0.1, -0.05) is 31.0 Å². The largest absolute Gasteiger partial charge is 0.344 e. The van der Waals surface area contributed by atoms with Crippen molar-refractivity contribution >= 4 is 28.8 Å². The van der Waals surface area contributed by atoms with E-state index in [0.717, 1.165) is 17.7 Å². The summed E-state index contributed by atoms with van der Waals surface area (Å²) in [6.07, 6.45) is 1.75. The minimum atomic E-state index is -0.562. The van der Waals surface area contributed by atoms with Crippen LogP contribution in [-0.4, -0.2) is 5.91 Å². The first kappa shape index (κ1) is 15.0. The molecule has 0 spiro atoms. The van der Waals surface area contributed by atoms with E-state index in [1.54, 1.807) is 11.3 Å². The standard InChI is InChI=1S/C15H15ClFNOS/c1-2-4-13(14-5-3-8-20-14)18-15(19)11-9-10(16)6-7-12(11)17/h3,5-9,13H,2,4H2,1H3,(H,18,19). The van der Waals surface area contributed by atoms with Gasteiger partial charge in [-0.2, -0.15) is 0 Å². The molecule has 1 aromatic carbocycles. The lowest BCUT2D eigenvalue weighted by molar-refractivity contribution is 0.0931. The highest BCUT2D eigenvalue weighted by atomic mass is 35.5. The summed E-state index contributed by atoms with van der Waals surface area (Å²) in [5.41, 5.74) is -0.0184. The Morgan fingerprint density at radius 3 is 2.90 bits per heavy atom. The highest BCUT2D eigenvalue weighted by Crippen LogP contribution is 2.24. The maximum atomic E-state index is 13.7. The molecule has 0 fully saturated rings. The van der Waals surface area contributed by atoms with Gasteiger partial charge in [-0.05, 0) is 36.1 Å². The van der Waals surface area contributed by atoms with E-state index in [2.05, 4.69) is 5.32 Å². The molecular weight excluding hydrogens is 297 g/mol. The van der Waals surface area contributed by atoms with E-state index in [-0.39, 0.29) is 11.6 Å². The smallest absolute Gasteiger partial charge is 0.254 e. The molecule has 0 bridgehead atoms. The molecule has 0 aliphatic rings. The normalized spacial score (nSPS) is 12.2.